The van der Waals surface area contributed by atoms with E-state index in [0.29, 0.717) is 0 Å². The zero-order valence-electron chi connectivity index (χ0n) is 4.53. The molecule has 0 bridgehead atoms. The van der Waals surface area contributed by atoms with Gasteiger partial charge in [0.15, 0.2) is 6.04 Å². The molecule has 0 spiro atoms. The molecule has 0 saturated carbocycles. The van der Waals surface area contributed by atoms with Crippen LogP contribution in [0.1, 0.15) is 6.42 Å². The molecular formula is C4H6F3NO. The summed E-state index contributed by atoms with van der Waals surface area (Å²) < 4.78 is 34.6. The summed E-state index contributed by atoms with van der Waals surface area (Å²) in [6.45, 7) is 0.101. The number of hydrogen-bond donors (Lipinski definition) is 1. The summed E-state index contributed by atoms with van der Waals surface area (Å²) in [4.78, 5) is 0. The average Bonchev–Trinajstić information content (AvgIpc) is 1.57. The topological polar surface area (TPSA) is 27.5 Å². The molecule has 1 N–H and O–H groups in total. The Kier molecular flexibility index (Phi) is 1.40. The third-order valence-electron chi connectivity index (χ3n) is 1.46. The highest BCUT2D eigenvalue weighted by Gasteiger charge is 2.49. The van der Waals surface area contributed by atoms with E-state index in [4.69, 9.17) is 0 Å². The summed E-state index contributed by atoms with van der Waals surface area (Å²) in [6, 6.07) is -1.64. The van der Waals surface area contributed by atoms with E-state index in [2.05, 4.69) is 0 Å². The normalized spacial score (nSPS) is 36.0. The Balaban J connectivity index is 2.44. The van der Waals surface area contributed by atoms with Gasteiger partial charge < -0.3 is 10.3 Å². The SMILES string of the molecule is [O-][NH+]1CCC1C(F)(F)F. The molecule has 2 atom stereocenters. The van der Waals surface area contributed by atoms with E-state index in [9.17, 15) is 18.4 Å². The van der Waals surface area contributed by atoms with Crippen LogP contribution < -0.4 is 5.06 Å². The van der Waals surface area contributed by atoms with Gasteiger partial charge in [0.2, 0.25) is 0 Å². The molecule has 2 unspecified atom stereocenters. The summed E-state index contributed by atoms with van der Waals surface area (Å²) >= 11 is 0. The van der Waals surface area contributed by atoms with Gasteiger partial charge in [-0.3, -0.25) is 0 Å². The highest BCUT2D eigenvalue weighted by Crippen LogP contribution is 2.22. The fourth-order valence-electron chi connectivity index (χ4n) is 0.753. The monoisotopic (exact) mass is 141 g/mol. The minimum absolute atomic E-state index is 0.0116. The molecule has 1 heterocycles. The van der Waals surface area contributed by atoms with Crippen LogP contribution in [0.25, 0.3) is 0 Å². The van der Waals surface area contributed by atoms with Crippen LogP contribution in [0, 0.1) is 5.21 Å². The fourth-order valence-corrected chi connectivity index (χ4v) is 0.753. The van der Waals surface area contributed by atoms with Crippen molar-refractivity contribution < 1.29 is 18.2 Å². The van der Waals surface area contributed by atoms with Gasteiger partial charge in [-0.1, -0.05) is 0 Å². The first-order chi connectivity index (χ1) is 4.02. The second kappa shape index (κ2) is 1.85. The number of rotatable bonds is 0. The number of alkyl halides is 3. The molecule has 0 aromatic carbocycles. The Morgan fingerprint density at radius 2 is 2.00 bits per heavy atom. The van der Waals surface area contributed by atoms with Crippen LogP contribution in [-0.2, 0) is 0 Å². The lowest BCUT2D eigenvalue weighted by molar-refractivity contribution is -0.933. The molecule has 1 rings (SSSR count). The van der Waals surface area contributed by atoms with Crippen LogP contribution in [0.15, 0.2) is 0 Å². The van der Waals surface area contributed by atoms with Crippen LogP contribution in [0.5, 0.6) is 0 Å². The van der Waals surface area contributed by atoms with Crippen LogP contribution in [0.4, 0.5) is 13.2 Å². The summed E-state index contributed by atoms with van der Waals surface area (Å²) in [5.41, 5.74) is 0. The van der Waals surface area contributed by atoms with Gasteiger partial charge in [-0.25, -0.2) is 0 Å². The highest BCUT2D eigenvalue weighted by molar-refractivity contribution is 4.71. The van der Waals surface area contributed by atoms with E-state index in [0.717, 1.165) is 0 Å². The van der Waals surface area contributed by atoms with E-state index in [-0.39, 0.29) is 13.0 Å². The van der Waals surface area contributed by atoms with Crippen LogP contribution in [-0.4, -0.2) is 18.8 Å². The van der Waals surface area contributed by atoms with E-state index >= 15 is 0 Å². The van der Waals surface area contributed by atoms with Gasteiger partial charge in [-0.05, 0) is 0 Å². The second-order valence-electron chi connectivity index (χ2n) is 2.10. The van der Waals surface area contributed by atoms with Crippen molar-refractivity contribution in [3.8, 4) is 0 Å². The zero-order chi connectivity index (χ0) is 7.07. The highest BCUT2D eigenvalue weighted by atomic mass is 19.4. The molecule has 0 aliphatic carbocycles. The van der Waals surface area contributed by atoms with Crippen molar-refractivity contribution in [2.24, 2.45) is 0 Å². The number of halogens is 3. The molecule has 54 valence electrons. The zero-order valence-corrected chi connectivity index (χ0v) is 4.53. The molecule has 0 radical (unpaired) electrons. The Morgan fingerprint density at radius 3 is 2.00 bits per heavy atom. The number of quaternary nitrogens is 1. The number of hydrogen-bond acceptors (Lipinski definition) is 1. The van der Waals surface area contributed by atoms with Crippen LogP contribution in [0.3, 0.4) is 0 Å². The Hall–Kier alpha value is -0.290. The maximum Gasteiger partial charge on any atom is 0.441 e. The first-order valence-corrected chi connectivity index (χ1v) is 2.61. The average molecular weight is 141 g/mol. The van der Waals surface area contributed by atoms with Gasteiger partial charge in [0.25, 0.3) is 0 Å². The Morgan fingerprint density at radius 1 is 1.44 bits per heavy atom. The number of nitrogens with one attached hydrogen (secondary N) is 1. The standard InChI is InChI=1S/C4H6F3NO/c5-4(6,7)3-1-2-8(3)9/h3,8H,1-2H2. The minimum atomic E-state index is -4.28. The third kappa shape index (κ3) is 1.16. The lowest BCUT2D eigenvalue weighted by Gasteiger charge is -2.40. The third-order valence-corrected chi connectivity index (χ3v) is 1.46. The number of hydroxylamine groups is 2. The quantitative estimate of drug-likeness (QED) is 0.461. The van der Waals surface area contributed by atoms with Crippen molar-refractivity contribution in [3.63, 3.8) is 0 Å². The maximum absolute atomic E-state index is 11.5. The second-order valence-corrected chi connectivity index (χ2v) is 2.10. The van der Waals surface area contributed by atoms with Crippen molar-refractivity contribution in [1.29, 1.82) is 0 Å². The lowest BCUT2D eigenvalue weighted by atomic mass is 10.1. The smallest absolute Gasteiger partial charge is 0.441 e. The summed E-state index contributed by atoms with van der Waals surface area (Å²) in [5, 5.41) is 9.49. The molecule has 1 saturated heterocycles. The Bertz CT molecular complexity index is 113. The largest absolute Gasteiger partial charge is 0.634 e. The van der Waals surface area contributed by atoms with Crippen molar-refractivity contribution in [1.82, 2.24) is 0 Å². The molecule has 1 aliphatic heterocycles. The van der Waals surface area contributed by atoms with Crippen LogP contribution in [0.2, 0.25) is 0 Å². The van der Waals surface area contributed by atoms with Crippen molar-refractivity contribution in [2.75, 3.05) is 6.54 Å². The van der Waals surface area contributed by atoms with Crippen molar-refractivity contribution >= 4 is 0 Å². The molecule has 0 aromatic heterocycles. The molecule has 9 heavy (non-hydrogen) atoms. The van der Waals surface area contributed by atoms with Gasteiger partial charge in [-0.15, -0.1) is 0 Å². The summed E-state index contributed by atoms with van der Waals surface area (Å²) in [6.07, 6.45) is -4.29. The van der Waals surface area contributed by atoms with Crippen molar-refractivity contribution in [2.45, 2.75) is 18.6 Å². The molecule has 5 heteroatoms. The van der Waals surface area contributed by atoms with E-state index < -0.39 is 17.3 Å². The predicted molar refractivity (Wildman–Crippen MR) is 23.7 cm³/mol. The lowest BCUT2D eigenvalue weighted by Crippen LogP contribution is -3.19. The van der Waals surface area contributed by atoms with E-state index in [1.54, 1.807) is 0 Å². The first-order valence-electron chi connectivity index (χ1n) is 2.61. The summed E-state index contributed by atoms with van der Waals surface area (Å²) in [7, 11) is 0. The van der Waals surface area contributed by atoms with Gasteiger partial charge >= 0.3 is 6.18 Å². The molecule has 2 nitrogen and oxygen atoms in total. The van der Waals surface area contributed by atoms with Gasteiger partial charge in [0, 0.05) is 0 Å². The molecule has 0 aromatic rings. The molecule has 1 aliphatic rings. The minimum Gasteiger partial charge on any atom is -0.634 e. The van der Waals surface area contributed by atoms with Gasteiger partial charge in [0.05, 0.1) is 13.0 Å². The van der Waals surface area contributed by atoms with E-state index in [1.165, 1.54) is 0 Å². The Labute approximate surface area is 49.8 Å². The van der Waals surface area contributed by atoms with Crippen molar-refractivity contribution in [3.05, 3.63) is 5.21 Å². The molecule has 1 fully saturated rings. The van der Waals surface area contributed by atoms with Gasteiger partial charge in [-0.2, -0.15) is 13.2 Å². The fraction of sp³-hybridized carbons (Fsp3) is 1.00. The van der Waals surface area contributed by atoms with Gasteiger partial charge in [0.1, 0.15) is 0 Å². The molecule has 0 amide bonds. The van der Waals surface area contributed by atoms with E-state index in [1.807, 2.05) is 0 Å². The predicted octanol–water partition coefficient (Wildman–Crippen LogP) is -0.296. The maximum atomic E-state index is 11.5. The van der Waals surface area contributed by atoms with Crippen LogP contribution >= 0.6 is 0 Å². The summed E-state index contributed by atoms with van der Waals surface area (Å²) in [5.74, 6) is 0. The molecular weight excluding hydrogens is 135 g/mol. The first kappa shape index (κ1) is 6.82.